The van der Waals surface area contributed by atoms with Crippen LogP contribution in [-0.2, 0) is 0 Å². The van der Waals surface area contributed by atoms with Gasteiger partial charge in [0.1, 0.15) is 18.5 Å². The summed E-state index contributed by atoms with van der Waals surface area (Å²) >= 11 is 5.99. The lowest BCUT2D eigenvalue weighted by Gasteiger charge is -2.15. The maximum atomic E-state index is 9.89. The number of aliphatic hydroxyl groups is 1. The lowest BCUT2D eigenvalue weighted by molar-refractivity contribution is 0.106. The minimum atomic E-state index is -0.526. The van der Waals surface area contributed by atoms with Crippen LogP contribution in [0.2, 0.25) is 5.02 Å². The van der Waals surface area contributed by atoms with E-state index in [0.717, 1.165) is 13.0 Å². The van der Waals surface area contributed by atoms with Gasteiger partial charge in [-0.15, -0.1) is 0 Å². The Kier molecular flexibility index (Phi) is 7.07. The molecule has 0 spiro atoms. The predicted molar refractivity (Wildman–Crippen MR) is 87.0 cm³/mol. The van der Waals surface area contributed by atoms with Gasteiger partial charge >= 0.3 is 0 Å². The van der Waals surface area contributed by atoms with Crippen molar-refractivity contribution in [3.05, 3.63) is 40.9 Å². The van der Waals surface area contributed by atoms with Crippen LogP contribution in [0.15, 0.2) is 35.9 Å². The molecule has 1 aromatic carbocycles. The van der Waals surface area contributed by atoms with Crippen LogP contribution in [0.3, 0.4) is 0 Å². The third-order valence-corrected chi connectivity index (χ3v) is 3.97. The molecule has 0 fully saturated rings. The summed E-state index contributed by atoms with van der Waals surface area (Å²) in [6.45, 7) is 1.70. The van der Waals surface area contributed by atoms with E-state index in [-0.39, 0.29) is 6.61 Å². The molecule has 0 saturated heterocycles. The molecule has 1 aromatic rings. The van der Waals surface area contributed by atoms with Crippen LogP contribution in [-0.4, -0.2) is 30.9 Å². The van der Waals surface area contributed by atoms with Crippen LogP contribution in [0.25, 0.3) is 0 Å². The molecule has 2 N–H and O–H groups in total. The van der Waals surface area contributed by atoms with Crippen molar-refractivity contribution in [2.45, 2.75) is 38.2 Å². The maximum Gasteiger partial charge on any atom is 0.138 e. The van der Waals surface area contributed by atoms with E-state index in [0.29, 0.717) is 17.3 Å². The van der Waals surface area contributed by atoms with Crippen LogP contribution in [0.5, 0.6) is 5.75 Å². The summed E-state index contributed by atoms with van der Waals surface area (Å²) in [4.78, 5) is 0. The Morgan fingerprint density at radius 1 is 1.29 bits per heavy atom. The molecular formula is C17H24ClNO2. The minimum Gasteiger partial charge on any atom is -0.489 e. The molecule has 0 heterocycles. The van der Waals surface area contributed by atoms with Gasteiger partial charge in [-0.3, -0.25) is 0 Å². The standard InChI is InChI=1S/C17H24ClNO2/c18-16-8-4-5-9-17(16)21-13-15(20)12-19-11-10-14-6-2-1-3-7-14/h4-6,8-9,15,19-20H,1-3,7,10-13H2. The Bertz CT molecular complexity index is 462. The van der Waals surface area contributed by atoms with E-state index in [1.165, 1.54) is 25.7 Å². The predicted octanol–water partition coefficient (Wildman–Crippen LogP) is 3.56. The Hall–Kier alpha value is -1.03. The SMILES string of the molecule is OC(CNCCC1=CCCCC1)COc1ccccc1Cl. The number of nitrogens with one attached hydrogen (secondary N) is 1. The van der Waals surface area contributed by atoms with Gasteiger partial charge in [0.2, 0.25) is 0 Å². The maximum absolute atomic E-state index is 9.89. The van der Waals surface area contributed by atoms with Gasteiger partial charge in [0.15, 0.2) is 0 Å². The molecule has 1 atom stereocenters. The molecule has 4 heteroatoms. The number of ether oxygens (including phenoxy) is 1. The van der Waals surface area contributed by atoms with E-state index in [2.05, 4.69) is 11.4 Å². The monoisotopic (exact) mass is 309 g/mol. The average molecular weight is 310 g/mol. The van der Waals surface area contributed by atoms with Gasteiger partial charge in [0, 0.05) is 6.54 Å². The van der Waals surface area contributed by atoms with Crippen LogP contribution >= 0.6 is 11.6 Å². The summed E-state index contributed by atoms with van der Waals surface area (Å²) in [7, 11) is 0. The smallest absolute Gasteiger partial charge is 0.138 e. The van der Waals surface area contributed by atoms with Gasteiger partial charge in [0.05, 0.1) is 5.02 Å². The fourth-order valence-electron chi connectivity index (χ4n) is 2.46. The van der Waals surface area contributed by atoms with Crippen molar-refractivity contribution in [1.82, 2.24) is 5.32 Å². The van der Waals surface area contributed by atoms with Gasteiger partial charge < -0.3 is 15.2 Å². The second kappa shape index (κ2) is 9.08. The average Bonchev–Trinajstić information content (AvgIpc) is 2.52. The first-order chi connectivity index (χ1) is 10.3. The number of rotatable bonds is 8. The van der Waals surface area contributed by atoms with Gasteiger partial charge in [-0.1, -0.05) is 35.4 Å². The normalized spacial score (nSPS) is 16.4. The fourth-order valence-corrected chi connectivity index (χ4v) is 2.65. The molecule has 116 valence electrons. The van der Waals surface area contributed by atoms with Crippen molar-refractivity contribution in [2.24, 2.45) is 0 Å². The second-order valence-corrected chi connectivity index (χ2v) is 5.86. The lowest BCUT2D eigenvalue weighted by atomic mass is 9.97. The number of aliphatic hydroxyl groups excluding tert-OH is 1. The number of benzene rings is 1. The zero-order valence-corrected chi connectivity index (χ0v) is 13.1. The molecule has 0 bridgehead atoms. The quantitative estimate of drug-likeness (QED) is 0.570. The van der Waals surface area contributed by atoms with Crippen LogP contribution in [0.1, 0.15) is 32.1 Å². The molecule has 0 aliphatic heterocycles. The highest BCUT2D eigenvalue weighted by molar-refractivity contribution is 6.32. The first-order valence-corrected chi connectivity index (χ1v) is 8.07. The highest BCUT2D eigenvalue weighted by Gasteiger charge is 2.07. The molecule has 21 heavy (non-hydrogen) atoms. The van der Waals surface area contributed by atoms with E-state index in [4.69, 9.17) is 16.3 Å². The summed E-state index contributed by atoms with van der Waals surface area (Å²) in [6.07, 6.45) is 8.03. The topological polar surface area (TPSA) is 41.5 Å². The number of para-hydroxylation sites is 1. The van der Waals surface area contributed by atoms with Gasteiger partial charge in [-0.25, -0.2) is 0 Å². The molecule has 2 rings (SSSR count). The Morgan fingerprint density at radius 3 is 2.90 bits per heavy atom. The molecule has 0 amide bonds. The first-order valence-electron chi connectivity index (χ1n) is 7.69. The molecule has 3 nitrogen and oxygen atoms in total. The summed E-state index contributed by atoms with van der Waals surface area (Å²) in [5.74, 6) is 0.616. The number of hydrogen-bond donors (Lipinski definition) is 2. The number of halogens is 1. The zero-order chi connectivity index (χ0) is 14.9. The van der Waals surface area contributed by atoms with Crippen molar-refractivity contribution in [3.8, 4) is 5.75 Å². The largest absolute Gasteiger partial charge is 0.489 e. The number of allylic oxidation sites excluding steroid dienone is 1. The summed E-state index contributed by atoms with van der Waals surface area (Å²) in [5.41, 5.74) is 1.55. The Balaban J connectivity index is 1.58. The van der Waals surface area contributed by atoms with Gasteiger partial charge in [0.25, 0.3) is 0 Å². The Labute approximate surface area is 132 Å². The third-order valence-electron chi connectivity index (χ3n) is 3.66. The van der Waals surface area contributed by atoms with Crippen LogP contribution in [0, 0.1) is 0 Å². The molecule has 0 radical (unpaired) electrons. The Morgan fingerprint density at radius 2 is 2.14 bits per heavy atom. The van der Waals surface area contributed by atoms with E-state index in [1.54, 1.807) is 17.7 Å². The van der Waals surface area contributed by atoms with Gasteiger partial charge in [-0.05, 0) is 50.8 Å². The van der Waals surface area contributed by atoms with Crippen LogP contribution < -0.4 is 10.1 Å². The number of hydrogen-bond acceptors (Lipinski definition) is 3. The highest BCUT2D eigenvalue weighted by atomic mass is 35.5. The first kappa shape index (κ1) is 16.3. The molecule has 1 aliphatic rings. The molecule has 1 unspecified atom stereocenters. The zero-order valence-electron chi connectivity index (χ0n) is 12.4. The summed E-state index contributed by atoms with van der Waals surface area (Å²) in [5, 5.41) is 13.7. The minimum absolute atomic E-state index is 0.249. The van der Waals surface area contributed by atoms with Crippen molar-refractivity contribution >= 4 is 11.6 Å². The molecule has 0 saturated carbocycles. The van der Waals surface area contributed by atoms with Crippen molar-refractivity contribution in [3.63, 3.8) is 0 Å². The molecule has 1 aliphatic carbocycles. The highest BCUT2D eigenvalue weighted by Crippen LogP contribution is 2.23. The van der Waals surface area contributed by atoms with Gasteiger partial charge in [-0.2, -0.15) is 0 Å². The van der Waals surface area contributed by atoms with Crippen molar-refractivity contribution in [1.29, 1.82) is 0 Å². The molecular weight excluding hydrogens is 286 g/mol. The fraction of sp³-hybridized carbons (Fsp3) is 0.529. The van der Waals surface area contributed by atoms with Crippen molar-refractivity contribution in [2.75, 3.05) is 19.7 Å². The van der Waals surface area contributed by atoms with E-state index < -0.39 is 6.10 Å². The van der Waals surface area contributed by atoms with E-state index >= 15 is 0 Å². The second-order valence-electron chi connectivity index (χ2n) is 5.46. The summed E-state index contributed by atoms with van der Waals surface area (Å²) < 4.78 is 5.51. The van der Waals surface area contributed by atoms with Crippen LogP contribution in [0.4, 0.5) is 0 Å². The third kappa shape index (κ3) is 6.08. The van der Waals surface area contributed by atoms with E-state index in [1.807, 2.05) is 12.1 Å². The molecule has 0 aromatic heterocycles. The van der Waals surface area contributed by atoms with E-state index in [9.17, 15) is 5.11 Å². The lowest BCUT2D eigenvalue weighted by Crippen LogP contribution is -2.32. The van der Waals surface area contributed by atoms with Crippen molar-refractivity contribution < 1.29 is 9.84 Å². The summed E-state index contributed by atoms with van der Waals surface area (Å²) in [6, 6.07) is 7.30.